The molecule has 1 heterocycles. The molecule has 31 heavy (non-hydrogen) atoms. The Balaban J connectivity index is 1.64. The Labute approximate surface area is 186 Å². The van der Waals surface area contributed by atoms with E-state index in [1.54, 1.807) is 17.0 Å². The Morgan fingerprint density at radius 2 is 1.77 bits per heavy atom. The number of carbonyl (C=O) groups is 2. The third-order valence-corrected chi connectivity index (χ3v) is 6.62. The first-order valence-corrected chi connectivity index (χ1v) is 11.6. The minimum absolute atomic E-state index is 0.00210. The maximum atomic E-state index is 12.9. The van der Waals surface area contributed by atoms with Crippen LogP contribution < -0.4 is 10.0 Å². The van der Waals surface area contributed by atoms with Crippen molar-refractivity contribution in [3.05, 3.63) is 59.1 Å². The fourth-order valence-corrected chi connectivity index (χ4v) is 4.60. The number of anilines is 1. The van der Waals surface area contributed by atoms with Crippen molar-refractivity contribution in [1.29, 1.82) is 0 Å². The topological polar surface area (TPSA) is 105 Å². The van der Waals surface area contributed by atoms with Crippen molar-refractivity contribution >= 4 is 39.1 Å². The summed E-state index contributed by atoms with van der Waals surface area (Å²) in [7, 11) is -3.92. The monoisotopic (exact) mass is 465 g/mol. The highest BCUT2D eigenvalue weighted by Crippen LogP contribution is 2.24. The molecule has 8 nitrogen and oxygen atoms in total. The summed E-state index contributed by atoms with van der Waals surface area (Å²) in [6, 6.07) is 12.0. The Hall–Kier alpha value is -2.46. The molecule has 1 aliphatic rings. The highest BCUT2D eigenvalue weighted by Gasteiger charge is 2.30. The van der Waals surface area contributed by atoms with Gasteiger partial charge < -0.3 is 15.0 Å². The molecule has 0 saturated carbocycles. The number of ether oxygens (including phenoxy) is 1. The second-order valence-corrected chi connectivity index (χ2v) is 9.39. The van der Waals surface area contributed by atoms with Gasteiger partial charge in [0.1, 0.15) is 6.10 Å². The van der Waals surface area contributed by atoms with E-state index < -0.39 is 16.1 Å². The van der Waals surface area contributed by atoms with Crippen molar-refractivity contribution in [2.45, 2.75) is 30.9 Å². The lowest BCUT2D eigenvalue weighted by Gasteiger charge is -2.34. The van der Waals surface area contributed by atoms with Crippen molar-refractivity contribution in [2.24, 2.45) is 0 Å². The largest absolute Gasteiger partial charge is 0.370 e. The van der Waals surface area contributed by atoms with Crippen molar-refractivity contribution in [2.75, 3.05) is 25.0 Å². The molecule has 0 aromatic heterocycles. The zero-order valence-electron chi connectivity index (χ0n) is 17.2. The van der Waals surface area contributed by atoms with Gasteiger partial charge in [-0.05, 0) is 48.9 Å². The van der Waals surface area contributed by atoms with Gasteiger partial charge in [-0.25, -0.2) is 8.42 Å². The van der Waals surface area contributed by atoms with Crippen LogP contribution in [0.25, 0.3) is 0 Å². The molecule has 2 aromatic carbocycles. The number of carbonyl (C=O) groups excluding carboxylic acids is 2. The van der Waals surface area contributed by atoms with Gasteiger partial charge in [0.15, 0.2) is 0 Å². The SMILES string of the molecule is CC(=O)Nc1ccc(S(=O)(=O)N[C@@H](C)C(=O)N2CCOC(c3ccc(Cl)cc3)C2)cc1. The lowest BCUT2D eigenvalue weighted by molar-refractivity contribution is -0.140. The lowest BCUT2D eigenvalue weighted by Crippen LogP contribution is -2.51. The minimum Gasteiger partial charge on any atom is -0.370 e. The summed E-state index contributed by atoms with van der Waals surface area (Å²) in [5, 5.41) is 3.18. The van der Waals surface area contributed by atoms with Gasteiger partial charge in [-0.2, -0.15) is 4.72 Å². The first-order chi connectivity index (χ1) is 14.7. The van der Waals surface area contributed by atoms with Gasteiger partial charge in [-0.1, -0.05) is 23.7 Å². The van der Waals surface area contributed by atoms with E-state index in [-0.39, 0.29) is 22.8 Å². The summed E-state index contributed by atoms with van der Waals surface area (Å²) in [5.41, 5.74) is 1.38. The van der Waals surface area contributed by atoms with E-state index in [0.717, 1.165) is 5.56 Å². The summed E-state index contributed by atoms with van der Waals surface area (Å²) in [6.07, 6.45) is -0.305. The second kappa shape index (κ2) is 9.78. The van der Waals surface area contributed by atoms with E-state index in [0.29, 0.717) is 30.4 Å². The maximum absolute atomic E-state index is 12.9. The second-order valence-electron chi connectivity index (χ2n) is 7.24. The molecule has 2 amide bonds. The van der Waals surface area contributed by atoms with Crippen molar-refractivity contribution in [3.63, 3.8) is 0 Å². The molecule has 0 bridgehead atoms. The van der Waals surface area contributed by atoms with Crippen LogP contribution in [0.4, 0.5) is 5.69 Å². The number of hydrogen-bond acceptors (Lipinski definition) is 5. The van der Waals surface area contributed by atoms with E-state index in [1.165, 1.54) is 38.1 Å². The summed E-state index contributed by atoms with van der Waals surface area (Å²) < 4.78 is 33.5. The van der Waals surface area contributed by atoms with E-state index >= 15 is 0 Å². The quantitative estimate of drug-likeness (QED) is 0.682. The molecule has 1 unspecified atom stereocenters. The van der Waals surface area contributed by atoms with Crippen molar-refractivity contribution in [1.82, 2.24) is 9.62 Å². The molecule has 2 N–H and O–H groups in total. The molecule has 0 radical (unpaired) electrons. The van der Waals surface area contributed by atoms with Gasteiger partial charge in [-0.15, -0.1) is 0 Å². The smallest absolute Gasteiger partial charge is 0.241 e. The van der Waals surface area contributed by atoms with Crippen LogP contribution in [0.15, 0.2) is 53.4 Å². The predicted octanol–water partition coefficient (Wildman–Crippen LogP) is 2.57. The lowest BCUT2D eigenvalue weighted by atomic mass is 10.1. The van der Waals surface area contributed by atoms with Crippen LogP contribution in [0.1, 0.15) is 25.5 Å². The Morgan fingerprint density at radius 1 is 1.13 bits per heavy atom. The average Bonchev–Trinajstić information content (AvgIpc) is 2.73. The Kier molecular flexibility index (Phi) is 7.32. The van der Waals surface area contributed by atoms with Crippen LogP contribution in [-0.4, -0.2) is 50.9 Å². The predicted molar refractivity (Wildman–Crippen MR) is 117 cm³/mol. The molecule has 1 saturated heterocycles. The van der Waals surface area contributed by atoms with Crippen molar-refractivity contribution < 1.29 is 22.7 Å². The number of rotatable bonds is 6. The molecule has 0 spiro atoms. The van der Waals surface area contributed by atoms with Gasteiger partial charge in [0.2, 0.25) is 21.8 Å². The fourth-order valence-electron chi connectivity index (χ4n) is 3.27. The normalized spacial score (nSPS) is 17.8. The third kappa shape index (κ3) is 6.04. The van der Waals surface area contributed by atoms with Gasteiger partial charge >= 0.3 is 0 Å². The van der Waals surface area contributed by atoms with E-state index in [1.807, 2.05) is 12.1 Å². The van der Waals surface area contributed by atoms with Gasteiger partial charge in [-0.3, -0.25) is 9.59 Å². The molecule has 1 aliphatic heterocycles. The first kappa shape index (κ1) is 23.2. The number of benzene rings is 2. The van der Waals surface area contributed by atoms with Gasteiger partial charge in [0.05, 0.1) is 24.1 Å². The fraction of sp³-hybridized carbons (Fsp3) is 0.333. The number of sulfonamides is 1. The van der Waals surface area contributed by atoms with Crippen LogP contribution in [-0.2, 0) is 24.3 Å². The number of hydrogen-bond donors (Lipinski definition) is 2. The van der Waals surface area contributed by atoms with Crippen LogP contribution in [0.2, 0.25) is 5.02 Å². The zero-order valence-corrected chi connectivity index (χ0v) is 18.7. The van der Waals surface area contributed by atoms with Crippen LogP contribution in [0.3, 0.4) is 0 Å². The number of amides is 2. The number of nitrogens with one attached hydrogen (secondary N) is 2. The Morgan fingerprint density at radius 3 is 2.39 bits per heavy atom. The van der Waals surface area contributed by atoms with E-state index in [2.05, 4.69) is 10.0 Å². The van der Waals surface area contributed by atoms with E-state index in [4.69, 9.17) is 16.3 Å². The van der Waals surface area contributed by atoms with Gasteiger partial charge in [0, 0.05) is 24.2 Å². The number of halogens is 1. The molecule has 166 valence electrons. The van der Waals surface area contributed by atoms with Crippen LogP contribution in [0.5, 0.6) is 0 Å². The maximum Gasteiger partial charge on any atom is 0.241 e. The standard InChI is InChI=1S/C21H24ClN3O5S/c1-14(24-31(28,29)19-9-7-18(8-10-19)23-15(2)26)21(27)25-11-12-30-20(13-25)16-3-5-17(22)6-4-16/h3-10,14,20,24H,11-13H2,1-2H3,(H,23,26)/t14-,20?/m0/s1. The Bertz CT molecular complexity index is 1040. The molecule has 2 atom stereocenters. The highest BCUT2D eigenvalue weighted by molar-refractivity contribution is 7.89. The summed E-state index contributed by atoms with van der Waals surface area (Å²) in [6.45, 7) is 3.92. The van der Waals surface area contributed by atoms with Gasteiger partial charge in [0.25, 0.3) is 0 Å². The molecular weight excluding hydrogens is 442 g/mol. The molecular formula is C21H24ClN3O5S. The summed E-state index contributed by atoms with van der Waals surface area (Å²) in [5.74, 6) is -0.587. The zero-order chi connectivity index (χ0) is 22.6. The number of nitrogens with zero attached hydrogens (tertiary/aromatic N) is 1. The van der Waals surface area contributed by atoms with Crippen LogP contribution >= 0.6 is 11.6 Å². The molecule has 0 aliphatic carbocycles. The molecule has 3 rings (SSSR count). The average molecular weight is 466 g/mol. The molecule has 10 heteroatoms. The molecule has 1 fully saturated rings. The third-order valence-electron chi connectivity index (χ3n) is 4.81. The molecule has 2 aromatic rings. The summed E-state index contributed by atoms with van der Waals surface area (Å²) >= 11 is 5.93. The van der Waals surface area contributed by atoms with Crippen molar-refractivity contribution in [3.8, 4) is 0 Å². The minimum atomic E-state index is -3.92. The van der Waals surface area contributed by atoms with Crippen LogP contribution in [0, 0.1) is 0 Å². The van der Waals surface area contributed by atoms with E-state index in [9.17, 15) is 18.0 Å². The highest BCUT2D eigenvalue weighted by atomic mass is 35.5. The first-order valence-electron chi connectivity index (χ1n) is 9.71. The number of morpholine rings is 1. The summed E-state index contributed by atoms with van der Waals surface area (Å²) in [4.78, 5) is 25.6.